The molecular weight excluding hydrogens is 262 g/mol. The minimum Gasteiger partial charge on any atom is -0.490 e. The molecular formula is C14H19NO3S. The normalized spacial score (nSPS) is 29.8. The van der Waals surface area contributed by atoms with Crippen molar-refractivity contribution in [3.05, 3.63) is 29.3 Å². The van der Waals surface area contributed by atoms with Crippen molar-refractivity contribution in [3.63, 3.8) is 0 Å². The second-order valence-electron chi connectivity index (χ2n) is 5.69. The molecule has 1 saturated heterocycles. The molecule has 2 N–H and O–H groups in total. The Kier molecular flexibility index (Phi) is 3.06. The van der Waals surface area contributed by atoms with Crippen LogP contribution in [-0.4, -0.2) is 26.0 Å². The first-order valence-corrected chi connectivity index (χ1v) is 8.52. The van der Waals surface area contributed by atoms with E-state index in [1.54, 1.807) is 0 Å². The minimum atomic E-state index is -2.87. The topological polar surface area (TPSA) is 69.4 Å². The minimum absolute atomic E-state index is 0.0443. The molecule has 3 unspecified atom stereocenters. The second kappa shape index (κ2) is 4.49. The zero-order valence-electron chi connectivity index (χ0n) is 11.0. The first-order valence-electron chi connectivity index (χ1n) is 6.70. The van der Waals surface area contributed by atoms with Crippen LogP contribution in [0.4, 0.5) is 0 Å². The number of ether oxygens (including phenoxy) is 1. The summed E-state index contributed by atoms with van der Waals surface area (Å²) in [7, 11) is -2.87. The van der Waals surface area contributed by atoms with Crippen molar-refractivity contribution in [2.45, 2.75) is 31.9 Å². The maximum atomic E-state index is 11.5. The standard InChI is InChI=1S/C14H19NO3S/c1-9-6-12-7-10(2-3-13(12)18-9)14(15)11-4-5-19(16,17)8-11/h2-3,7,9,11,14H,4-6,8,15H2,1H3. The predicted octanol–water partition coefficient (Wildman–Crippen LogP) is 1.44. The first-order chi connectivity index (χ1) is 8.94. The Balaban J connectivity index is 1.82. The van der Waals surface area contributed by atoms with Gasteiger partial charge in [0.15, 0.2) is 9.84 Å². The summed E-state index contributed by atoms with van der Waals surface area (Å²) in [6, 6.07) is 5.80. The van der Waals surface area contributed by atoms with E-state index in [4.69, 9.17) is 10.5 Å². The number of benzene rings is 1. The van der Waals surface area contributed by atoms with E-state index in [-0.39, 0.29) is 29.6 Å². The molecule has 19 heavy (non-hydrogen) atoms. The van der Waals surface area contributed by atoms with Crippen LogP contribution >= 0.6 is 0 Å². The average Bonchev–Trinajstić information content (AvgIpc) is 2.88. The summed E-state index contributed by atoms with van der Waals surface area (Å²) >= 11 is 0. The highest BCUT2D eigenvalue weighted by molar-refractivity contribution is 7.91. The molecule has 104 valence electrons. The van der Waals surface area contributed by atoms with Crippen LogP contribution in [-0.2, 0) is 16.3 Å². The van der Waals surface area contributed by atoms with Gasteiger partial charge in [0, 0.05) is 12.5 Å². The van der Waals surface area contributed by atoms with Crippen LogP contribution in [0, 0.1) is 5.92 Å². The van der Waals surface area contributed by atoms with Gasteiger partial charge in [-0.15, -0.1) is 0 Å². The van der Waals surface area contributed by atoms with Gasteiger partial charge in [0.25, 0.3) is 0 Å². The zero-order chi connectivity index (χ0) is 13.6. The van der Waals surface area contributed by atoms with Gasteiger partial charge < -0.3 is 10.5 Å². The van der Waals surface area contributed by atoms with Crippen molar-refractivity contribution >= 4 is 9.84 Å². The fraction of sp³-hybridized carbons (Fsp3) is 0.571. The van der Waals surface area contributed by atoms with Gasteiger partial charge in [0.05, 0.1) is 11.5 Å². The molecule has 0 aromatic heterocycles. The van der Waals surface area contributed by atoms with Gasteiger partial charge in [-0.1, -0.05) is 12.1 Å². The van der Waals surface area contributed by atoms with E-state index in [1.165, 1.54) is 5.56 Å². The van der Waals surface area contributed by atoms with Crippen LogP contribution in [0.1, 0.15) is 30.5 Å². The average molecular weight is 281 g/mol. The number of fused-ring (bicyclic) bond motifs is 1. The van der Waals surface area contributed by atoms with Crippen molar-refractivity contribution in [2.75, 3.05) is 11.5 Å². The molecule has 2 aliphatic rings. The Labute approximate surface area is 113 Å². The quantitative estimate of drug-likeness (QED) is 0.890. The molecule has 2 heterocycles. The molecule has 0 radical (unpaired) electrons. The molecule has 3 atom stereocenters. The lowest BCUT2D eigenvalue weighted by molar-refractivity contribution is 0.254. The Morgan fingerprint density at radius 1 is 1.42 bits per heavy atom. The number of sulfone groups is 1. The summed E-state index contributed by atoms with van der Waals surface area (Å²) in [6.07, 6.45) is 1.79. The van der Waals surface area contributed by atoms with Gasteiger partial charge in [-0.25, -0.2) is 8.42 Å². The Bertz CT molecular complexity index is 597. The Morgan fingerprint density at radius 2 is 2.21 bits per heavy atom. The highest BCUT2D eigenvalue weighted by Gasteiger charge is 2.33. The maximum Gasteiger partial charge on any atom is 0.150 e. The largest absolute Gasteiger partial charge is 0.490 e. The van der Waals surface area contributed by atoms with E-state index in [0.717, 1.165) is 17.7 Å². The van der Waals surface area contributed by atoms with Crippen molar-refractivity contribution in [1.82, 2.24) is 0 Å². The highest BCUT2D eigenvalue weighted by Crippen LogP contribution is 2.34. The number of nitrogens with two attached hydrogens (primary N) is 1. The third-order valence-corrected chi connectivity index (χ3v) is 5.87. The van der Waals surface area contributed by atoms with Crippen LogP contribution in [0.25, 0.3) is 0 Å². The summed E-state index contributed by atoms with van der Waals surface area (Å²) in [5, 5.41) is 0. The van der Waals surface area contributed by atoms with Crippen LogP contribution in [0.15, 0.2) is 18.2 Å². The molecule has 1 fully saturated rings. The molecule has 1 aromatic rings. The van der Waals surface area contributed by atoms with Crippen LogP contribution in [0.3, 0.4) is 0 Å². The van der Waals surface area contributed by atoms with Gasteiger partial charge in [-0.05, 0) is 36.5 Å². The molecule has 2 aliphatic heterocycles. The smallest absolute Gasteiger partial charge is 0.150 e. The van der Waals surface area contributed by atoms with Crippen molar-refractivity contribution < 1.29 is 13.2 Å². The van der Waals surface area contributed by atoms with E-state index >= 15 is 0 Å². The maximum absolute atomic E-state index is 11.5. The summed E-state index contributed by atoms with van der Waals surface area (Å²) in [5.74, 6) is 1.47. The Morgan fingerprint density at radius 3 is 2.89 bits per heavy atom. The lowest BCUT2D eigenvalue weighted by Gasteiger charge is -2.18. The number of rotatable bonds is 2. The van der Waals surface area contributed by atoms with E-state index in [0.29, 0.717) is 6.42 Å². The van der Waals surface area contributed by atoms with Gasteiger partial charge in [0.1, 0.15) is 11.9 Å². The summed E-state index contributed by atoms with van der Waals surface area (Å²) < 4.78 is 28.7. The second-order valence-corrected chi connectivity index (χ2v) is 7.92. The number of hydrogen-bond acceptors (Lipinski definition) is 4. The van der Waals surface area contributed by atoms with E-state index in [2.05, 4.69) is 6.07 Å². The molecule has 4 nitrogen and oxygen atoms in total. The van der Waals surface area contributed by atoms with Gasteiger partial charge in [-0.3, -0.25) is 0 Å². The third-order valence-electron chi connectivity index (χ3n) is 4.08. The van der Waals surface area contributed by atoms with Crippen LogP contribution < -0.4 is 10.5 Å². The van der Waals surface area contributed by atoms with E-state index in [9.17, 15) is 8.42 Å². The highest BCUT2D eigenvalue weighted by atomic mass is 32.2. The number of hydrogen-bond donors (Lipinski definition) is 1. The van der Waals surface area contributed by atoms with Crippen molar-refractivity contribution in [3.8, 4) is 5.75 Å². The van der Waals surface area contributed by atoms with E-state index < -0.39 is 9.84 Å². The summed E-state index contributed by atoms with van der Waals surface area (Å²) in [4.78, 5) is 0. The summed E-state index contributed by atoms with van der Waals surface area (Å²) in [5.41, 5.74) is 8.45. The third kappa shape index (κ3) is 2.49. The predicted molar refractivity (Wildman–Crippen MR) is 73.9 cm³/mol. The van der Waals surface area contributed by atoms with Gasteiger partial charge in [0.2, 0.25) is 0 Å². The molecule has 0 spiro atoms. The first kappa shape index (κ1) is 12.9. The van der Waals surface area contributed by atoms with Gasteiger partial charge >= 0.3 is 0 Å². The molecule has 3 rings (SSSR count). The SMILES string of the molecule is CC1Cc2cc(C(N)C3CCS(=O)(=O)C3)ccc2O1. The molecule has 0 aliphatic carbocycles. The lowest BCUT2D eigenvalue weighted by Crippen LogP contribution is -2.22. The van der Waals surface area contributed by atoms with Crippen LogP contribution in [0.5, 0.6) is 5.75 Å². The zero-order valence-corrected chi connectivity index (χ0v) is 11.8. The fourth-order valence-electron chi connectivity index (χ4n) is 3.03. The van der Waals surface area contributed by atoms with Crippen LogP contribution in [0.2, 0.25) is 0 Å². The van der Waals surface area contributed by atoms with E-state index in [1.807, 2.05) is 19.1 Å². The van der Waals surface area contributed by atoms with Crippen molar-refractivity contribution in [2.24, 2.45) is 11.7 Å². The Hall–Kier alpha value is -1.07. The molecule has 0 amide bonds. The van der Waals surface area contributed by atoms with Crippen molar-refractivity contribution in [1.29, 1.82) is 0 Å². The monoisotopic (exact) mass is 281 g/mol. The molecule has 1 aromatic carbocycles. The summed E-state index contributed by atoms with van der Waals surface area (Å²) in [6.45, 7) is 2.04. The molecule has 0 bridgehead atoms. The molecule has 0 saturated carbocycles. The lowest BCUT2D eigenvalue weighted by atomic mass is 9.92. The fourth-order valence-corrected chi connectivity index (χ4v) is 4.88. The molecule has 5 heteroatoms. The van der Waals surface area contributed by atoms with Gasteiger partial charge in [-0.2, -0.15) is 0 Å².